The van der Waals surface area contributed by atoms with Crippen LogP contribution in [0.15, 0.2) is 42.7 Å². The topological polar surface area (TPSA) is 137 Å². The lowest BCUT2D eigenvalue weighted by molar-refractivity contribution is -0.126. The standard InChI is InChI=1S/C28H34N4O6/c1-27(2,35)16-37-20-5-7-23-17(14-30-32(23)15-20)8-25(33)31-18-10-28(11-18)12-21(13-28)38-24-9-19(36-3)4-6-22(24)26(29)34/h4-7,9,14-15,18,21,35H,8,10-13,16H2,1-3H3,(H2,29,34)(H,31,33). The number of pyridine rings is 1. The van der Waals surface area contributed by atoms with Crippen molar-refractivity contribution in [2.75, 3.05) is 13.7 Å². The van der Waals surface area contributed by atoms with Crippen molar-refractivity contribution in [1.82, 2.24) is 14.9 Å². The number of methoxy groups -OCH3 is 1. The van der Waals surface area contributed by atoms with Gasteiger partial charge in [0.2, 0.25) is 5.91 Å². The molecule has 0 radical (unpaired) electrons. The van der Waals surface area contributed by atoms with E-state index in [1.165, 1.54) is 0 Å². The summed E-state index contributed by atoms with van der Waals surface area (Å²) in [7, 11) is 1.56. The maximum atomic E-state index is 12.7. The highest BCUT2D eigenvalue weighted by Gasteiger charge is 2.54. The third-order valence-electron chi connectivity index (χ3n) is 7.31. The molecule has 2 aromatic heterocycles. The number of carbonyl (C=O) groups excluding carboxylic acids is 2. The Kier molecular flexibility index (Phi) is 6.68. The van der Waals surface area contributed by atoms with Crippen LogP contribution in [-0.4, -0.2) is 58.0 Å². The van der Waals surface area contributed by atoms with E-state index in [0.717, 1.165) is 36.8 Å². The van der Waals surface area contributed by atoms with E-state index in [-0.39, 0.29) is 36.5 Å². The van der Waals surface area contributed by atoms with Crippen molar-refractivity contribution in [3.63, 3.8) is 0 Å². The summed E-state index contributed by atoms with van der Waals surface area (Å²) in [6.45, 7) is 3.53. The molecule has 0 unspecified atom stereocenters. The third-order valence-corrected chi connectivity index (χ3v) is 7.31. The number of fused-ring (bicyclic) bond motifs is 1. The first-order valence-electron chi connectivity index (χ1n) is 12.8. The van der Waals surface area contributed by atoms with Crippen LogP contribution in [0, 0.1) is 5.41 Å². The minimum Gasteiger partial charge on any atom is -0.497 e. The van der Waals surface area contributed by atoms with Gasteiger partial charge in [-0.2, -0.15) is 5.10 Å². The quantitative estimate of drug-likeness (QED) is 0.372. The summed E-state index contributed by atoms with van der Waals surface area (Å²) in [5, 5.41) is 17.3. The summed E-state index contributed by atoms with van der Waals surface area (Å²) in [5.41, 5.74) is 6.76. The van der Waals surface area contributed by atoms with E-state index >= 15 is 0 Å². The number of aromatic nitrogens is 2. The smallest absolute Gasteiger partial charge is 0.252 e. The Morgan fingerprint density at radius 3 is 2.61 bits per heavy atom. The number of nitrogens with two attached hydrogens (primary N) is 1. The molecule has 202 valence electrons. The lowest BCUT2D eigenvalue weighted by atomic mass is 9.53. The van der Waals surface area contributed by atoms with E-state index in [0.29, 0.717) is 22.8 Å². The molecule has 10 heteroatoms. The summed E-state index contributed by atoms with van der Waals surface area (Å²) in [5.74, 6) is 1.09. The molecule has 2 saturated carbocycles. The van der Waals surface area contributed by atoms with Gasteiger partial charge < -0.3 is 30.4 Å². The molecule has 2 aliphatic rings. The number of hydrogen-bond donors (Lipinski definition) is 3. The monoisotopic (exact) mass is 522 g/mol. The van der Waals surface area contributed by atoms with Gasteiger partial charge in [0, 0.05) is 17.7 Å². The fraction of sp³-hybridized carbons (Fsp3) is 0.464. The van der Waals surface area contributed by atoms with E-state index in [4.69, 9.17) is 19.9 Å². The Labute approximate surface area is 221 Å². The Hall–Kier alpha value is -3.79. The molecule has 38 heavy (non-hydrogen) atoms. The van der Waals surface area contributed by atoms with Crippen molar-refractivity contribution < 1.29 is 28.9 Å². The Morgan fingerprint density at radius 2 is 1.92 bits per heavy atom. The highest BCUT2D eigenvalue weighted by atomic mass is 16.5. The summed E-state index contributed by atoms with van der Waals surface area (Å²) < 4.78 is 18.6. The van der Waals surface area contributed by atoms with Crippen LogP contribution in [0.25, 0.3) is 5.52 Å². The van der Waals surface area contributed by atoms with Gasteiger partial charge in [-0.05, 0) is 69.2 Å². The maximum absolute atomic E-state index is 12.7. The Morgan fingerprint density at radius 1 is 1.18 bits per heavy atom. The van der Waals surface area contributed by atoms with Crippen LogP contribution in [0.1, 0.15) is 55.5 Å². The second-order valence-corrected chi connectivity index (χ2v) is 11.2. The summed E-state index contributed by atoms with van der Waals surface area (Å²) in [6.07, 6.45) is 7.27. The molecule has 1 aromatic carbocycles. The zero-order valence-corrected chi connectivity index (χ0v) is 21.9. The largest absolute Gasteiger partial charge is 0.497 e. The highest BCUT2D eigenvalue weighted by molar-refractivity contribution is 5.95. The van der Waals surface area contributed by atoms with Crippen molar-refractivity contribution >= 4 is 17.3 Å². The van der Waals surface area contributed by atoms with Crippen molar-refractivity contribution in [3.8, 4) is 17.2 Å². The first-order valence-corrected chi connectivity index (χ1v) is 12.8. The van der Waals surface area contributed by atoms with E-state index < -0.39 is 11.5 Å². The van der Waals surface area contributed by atoms with Gasteiger partial charge in [-0.1, -0.05) is 0 Å². The molecule has 2 aliphatic carbocycles. The molecular weight excluding hydrogens is 488 g/mol. The molecule has 2 heterocycles. The lowest BCUT2D eigenvalue weighted by Gasteiger charge is -2.57. The van der Waals surface area contributed by atoms with Crippen LogP contribution < -0.4 is 25.3 Å². The van der Waals surface area contributed by atoms with Gasteiger partial charge in [0.25, 0.3) is 5.91 Å². The van der Waals surface area contributed by atoms with Gasteiger partial charge in [0.05, 0.1) is 48.7 Å². The van der Waals surface area contributed by atoms with E-state index in [2.05, 4.69) is 10.4 Å². The molecule has 0 bridgehead atoms. The van der Waals surface area contributed by atoms with Crippen molar-refractivity contribution in [2.45, 2.75) is 63.7 Å². The average Bonchev–Trinajstić information content (AvgIpc) is 3.21. The lowest BCUT2D eigenvalue weighted by Crippen LogP contribution is -2.59. The van der Waals surface area contributed by atoms with Gasteiger partial charge >= 0.3 is 0 Å². The summed E-state index contributed by atoms with van der Waals surface area (Å²) in [6, 6.07) is 8.83. The Bertz CT molecular complexity index is 1350. The van der Waals surface area contributed by atoms with Crippen molar-refractivity contribution in [2.24, 2.45) is 11.1 Å². The van der Waals surface area contributed by atoms with Crippen LogP contribution in [0.3, 0.4) is 0 Å². The van der Waals surface area contributed by atoms with Gasteiger partial charge in [-0.25, -0.2) is 4.52 Å². The number of benzene rings is 1. The molecule has 10 nitrogen and oxygen atoms in total. The first-order chi connectivity index (χ1) is 18.0. The molecule has 0 aliphatic heterocycles. The maximum Gasteiger partial charge on any atom is 0.252 e. The summed E-state index contributed by atoms with van der Waals surface area (Å²) >= 11 is 0. The molecular formula is C28H34N4O6. The fourth-order valence-corrected chi connectivity index (χ4v) is 5.47. The Balaban J connectivity index is 1.09. The number of nitrogens with zero attached hydrogens (tertiary/aromatic N) is 2. The molecule has 0 atom stereocenters. The number of ether oxygens (including phenoxy) is 3. The minimum atomic E-state index is -0.930. The molecule has 0 saturated heterocycles. The number of primary amides is 1. The number of rotatable bonds is 10. The zero-order chi connectivity index (χ0) is 27.1. The third kappa shape index (κ3) is 5.55. The average molecular weight is 523 g/mol. The second kappa shape index (κ2) is 9.83. The second-order valence-electron chi connectivity index (χ2n) is 11.2. The summed E-state index contributed by atoms with van der Waals surface area (Å²) in [4.78, 5) is 24.5. The van der Waals surface area contributed by atoms with Crippen LogP contribution >= 0.6 is 0 Å². The van der Waals surface area contributed by atoms with Gasteiger partial charge in [-0.15, -0.1) is 0 Å². The van der Waals surface area contributed by atoms with Crippen LogP contribution in [0.2, 0.25) is 0 Å². The fourth-order valence-electron chi connectivity index (χ4n) is 5.47. The SMILES string of the molecule is COc1ccc(C(N)=O)c(OC2CC3(CC(NC(=O)Cc4cnn5cc(OCC(C)(C)O)ccc45)C3)C2)c1. The number of carbonyl (C=O) groups is 2. The van der Waals surface area contributed by atoms with Gasteiger partial charge in [0.15, 0.2) is 0 Å². The van der Waals surface area contributed by atoms with Crippen molar-refractivity contribution in [1.29, 1.82) is 0 Å². The minimum absolute atomic E-state index is 0.00737. The molecule has 4 N–H and O–H groups in total. The van der Waals surface area contributed by atoms with E-state index in [1.54, 1.807) is 56.1 Å². The molecule has 5 rings (SSSR count). The normalized spacial score (nSPS) is 22.4. The van der Waals surface area contributed by atoms with Crippen LogP contribution in [0.4, 0.5) is 0 Å². The molecule has 3 aromatic rings. The number of aliphatic hydroxyl groups is 1. The predicted octanol–water partition coefficient (Wildman–Crippen LogP) is 2.64. The van der Waals surface area contributed by atoms with Crippen LogP contribution in [-0.2, 0) is 11.2 Å². The molecule has 2 amide bonds. The molecule has 1 spiro atoms. The molecule has 2 fully saturated rings. The predicted molar refractivity (Wildman–Crippen MR) is 139 cm³/mol. The van der Waals surface area contributed by atoms with Crippen LogP contribution in [0.5, 0.6) is 17.2 Å². The number of nitrogens with one attached hydrogen (secondary N) is 1. The zero-order valence-electron chi connectivity index (χ0n) is 21.9. The van der Waals surface area contributed by atoms with E-state index in [9.17, 15) is 14.7 Å². The highest BCUT2D eigenvalue weighted by Crippen LogP contribution is 2.57. The number of hydrogen-bond acceptors (Lipinski definition) is 7. The van der Waals surface area contributed by atoms with Gasteiger partial charge in [0.1, 0.15) is 23.9 Å². The van der Waals surface area contributed by atoms with E-state index in [1.807, 2.05) is 12.1 Å². The van der Waals surface area contributed by atoms with Crippen molar-refractivity contribution in [3.05, 3.63) is 53.9 Å². The first kappa shape index (κ1) is 25.8. The van der Waals surface area contributed by atoms with Gasteiger partial charge in [-0.3, -0.25) is 9.59 Å². The number of amides is 2.